The van der Waals surface area contributed by atoms with Crippen molar-refractivity contribution in [2.75, 3.05) is 24.6 Å². The van der Waals surface area contributed by atoms with Crippen LogP contribution in [0.25, 0.3) is 0 Å². The number of pyridine rings is 1. The molecule has 3 heterocycles. The number of nitrogens with zero attached hydrogens (tertiary/aromatic N) is 2. The molecule has 0 bridgehead atoms. The van der Waals surface area contributed by atoms with Crippen LogP contribution >= 0.6 is 0 Å². The number of amides is 2. The Balaban J connectivity index is 1.61. The average molecular weight is 317 g/mol. The predicted molar refractivity (Wildman–Crippen MR) is 86.0 cm³/mol. The number of anilines is 1. The molecule has 23 heavy (non-hydrogen) atoms. The van der Waals surface area contributed by atoms with Crippen molar-refractivity contribution in [1.29, 1.82) is 0 Å². The van der Waals surface area contributed by atoms with E-state index in [-0.39, 0.29) is 24.3 Å². The van der Waals surface area contributed by atoms with Gasteiger partial charge in [-0.05, 0) is 43.2 Å². The first-order valence-electron chi connectivity index (χ1n) is 8.33. The van der Waals surface area contributed by atoms with Gasteiger partial charge in [0.2, 0.25) is 11.8 Å². The van der Waals surface area contributed by atoms with Crippen molar-refractivity contribution >= 4 is 17.6 Å². The van der Waals surface area contributed by atoms with Crippen LogP contribution in [0.5, 0.6) is 0 Å². The second-order valence-corrected chi connectivity index (χ2v) is 6.40. The van der Waals surface area contributed by atoms with Gasteiger partial charge in [0.1, 0.15) is 5.82 Å². The van der Waals surface area contributed by atoms with E-state index in [2.05, 4.69) is 15.2 Å². The van der Waals surface area contributed by atoms with Crippen molar-refractivity contribution in [2.45, 2.75) is 38.0 Å². The van der Waals surface area contributed by atoms with E-state index in [1.807, 2.05) is 12.1 Å². The number of aliphatic hydroxyl groups excluding tert-OH is 1. The van der Waals surface area contributed by atoms with Gasteiger partial charge in [-0.1, -0.05) is 6.07 Å². The summed E-state index contributed by atoms with van der Waals surface area (Å²) in [7, 11) is 0. The van der Waals surface area contributed by atoms with Crippen LogP contribution in [0.1, 0.15) is 43.6 Å². The summed E-state index contributed by atoms with van der Waals surface area (Å²) in [5, 5.41) is 11.4. The molecule has 2 N–H and O–H groups in total. The van der Waals surface area contributed by atoms with Crippen molar-refractivity contribution < 1.29 is 14.7 Å². The molecule has 0 radical (unpaired) electrons. The number of aliphatic hydroxyl groups is 1. The van der Waals surface area contributed by atoms with Crippen molar-refractivity contribution in [3.8, 4) is 0 Å². The zero-order chi connectivity index (χ0) is 16.2. The van der Waals surface area contributed by atoms with Gasteiger partial charge in [0.05, 0.1) is 5.92 Å². The molecule has 2 saturated heterocycles. The summed E-state index contributed by atoms with van der Waals surface area (Å²) in [5.74, 6) is 0.856. The Labute approximate surface area is 135 Å². The third kappa shape index (κ3) is 3.69. The smallest absolute Gasteiger partial charge is 0.234 e. The molecule has 1 aromatic rings. The molecule has 6 heteroatoms. The zero-order valence-corrected chi connectivity index (χ0v) is 13.2. The molecule has 3 rings (SSSR count). The third-order valence-electron chi connectivity index (χ3n) is 4.89. The van der Waals surface area contributed by atoms with Gasteiger partial charge in [0.15, 0.2) is 0 Å². The first-order chi connectivity index (χ1) is 11.2. The molecule has 0 spiro atoms. The van der Waals surface area contributed by atoms with Crippen LogP contribution in [0.3, 0.4) is 0 Å². The Kier molecular flexibility index (Phi) is 4.91. The van der Waals surface area contributed by atoms with E-state index in [0.717, 1.165) is 43.7 Å². The van der Waals surface area contributed by atoms with E-state index in [4.69, 9.17) is 5.11 Å². The highest BCUT2D eigenvalue weighted by atomic mass is 16.3. The molecule has 0 aromatic carbocycles. The number of hydrogen-bond acceptors (Lipinski definition) is 5. The minimum Gasteiger partial charge on any atom is -0.396 e. The number of imide groups is 1. The van der Waals surface area contributed by atoms with Crippen molar-refractivity contribution in [3.05, 3.63) is 23.9 Å². The lowest BCUT2D eigenvalue weighted by Gasteiger charge is -2.32. The molecule has 0 aliphatic carbocycles. The third-order valence-corrected chi connectivity index (χ3v) is 4.89. The van der Waals surface area contributed by atoms with Crippen LogP contribution in [0.15, 0.2) is 18.3 Å². The van der Waals surface area contributed by atoms with E-state index >= 15 is 0 Å². The number of piperidine rings is 2. The average Bonchev–Trinajstić information content (AvgIpc) is 2.56. The van der Waals surface area contributed by atoms with Crippen LogP contribution in [0, 0.1) is 5.92 Å². The molecular weight excluding hydrogens is 294 g/mol. The largest absolute Gasteiger partial charge is 0.396 e. The van der Waals surface area contributed by atoms with Crippen molar-refractivity contribution in [3.63, 3.8) is 0 Å². The molecule has 2 aliphatic heterocycles. The van der Waals surface area contributed by atoms with Gasteiger partial charge in [-0.25, -0.2) is 4.98 Å². The fourth-order valence-corrected chi connectivity index (χ4v) is 3.44. The monoisotopic (exact) mass is 317 g/mol. The molecule has 0 saturated carbocycles. The van der Waals surface area contributed by atoms with Gasteiger partial charge >= 0.3 is 0 Å². The number of nitrogens with one attached hydrogen (secondary N) is 1. The number of carbonyl (C=O) groups is 2. The lowest BCUT2D eigenvalue weighted by atomic mass is 9.91. The van der Waals surface area contributed by atoms with Crippen LogP contribution in [-0.4, -0.2) is 41.6 Å². The lowest BCUT2D eigenvalue weighted by molar-refractivity contribution is -0.134. The standard InChI is InChI=1S/C17H23N3O3/c21-10-7-12-5-8-20(9-6-12)15-3-1-13(11-18-15)14-2-4-16(22)19-17(14)23/h1,3,11-12,14,21H,2,4-10H2,(H,19,22,23). The highest BCUT2D eigenvalue weighted by Crippen LogP contribution is 2.27. The molecule has 6 nitrogen and oxygen atoms in total. The van der Waals surface area contributed by atoms with Crippen LogP contribution < -0.4 is 10.2 Å². The number of hydrogen-bond donors (Lipinski definition) is 2. The van der Waals surface area contributed by atoms with Gasteiger partial charge in [-0.15, -0.1) is 0 Å². The SMILES string of the molecule is O=C1CCC(c2ccc(N3CCC(CCO)CC3)nc2)C(=O)N1. The Morgan fingerprint density at radius 2 is 2.00 bits per heavy atom. The lowest BCUT2D eigenvalue weighted by Crippen LogP contribution is -2.39. The number of rotatable bonds is 4. The molecule has 1 unspecified atom stereocenters. The van der Waals surface area contributed by atoms with Crippen molar-refractivity contribution in [1.82, 2.24) is 10.3 Å². The van der Waals surface area contributed by atoms with E-state index in [1.54, 1.807) is 6.20 Å². The summed E-state index contributed by atoms with van der Waals surface area (Å²) >= 11 is 0. The molecule has 1 atom stereocenters. The quantitative estimate of drug-likeness (QED) is 0.816. The Bertz CT molecular complexity index is 565. The fraction of sp³-hybridized carbons (Fsp3) is 0.588. The summed E-state index contributed by atoms with van der Waals surface area (Å²) in [6.45, 7) is 2.18. The van der Waals surface area contributed by atoms with Gasteiger partial charge in [0, 0.05) is 32.3 Å². The van der Waals surface area contributed by atoms with E-state index in [0.29, 0.717) is 18.8 Å². The maximum absolute atomic E-state index is 11.9. The number of carbonyl (C=O) groups excluding carboxylic acids is 2. The molecule has 2 amide bonds. The summed E-state index contributed by atoms with van der Waals surface area (Å²) < 4.78 is 0. The van der Waals surface area contributed by atoms with Crippen LogP contribution in [-0.2, 0) is 9.59 Å². The Morgan fingerprint density at radius 1 is 1.22 bits per heavy atom. The van der Waals surface area contributed by atoms with E-state index in [1.165, 1.54) is 0 Å². The topological polar surface area (TPSA) is 82.5 Å². The second kappa shape index (κ2) is 7.08. The number of aromatic nitrogens is 1. The zero-order valence-electron chi connectivity index (χ0n) is 13.2. The van der Waals surface area contributed by atoms with Gasteiger partial charge in [0.25, 0.3) is 0 Å². The predicted octanol–water partition coefficient (Wildman–Crippen LogP) is 1.20. The highest BCUT2D eigenvalue weighted by molar-refractivity contribution is 6.00. The minimum atomic E-state index is -0.274. The highest BCUT2D eigenvalue weighted by Gasteiger charge is 2.28. The maximum atomic E-state index is 11.9. The summed E-state index contributed by atoms with van der Waals surface area (Å²) in [4.78, 5) is 29.9. The first kappa shape index (κ1) is 15.9. The van der Waals surface area contributed by atoms with Gasteiger partial charge < -0.3 is 10.0 Å². The van der Waals surface area contributed by atoms with Gasteiger partial charge in [-0.3, -0.25) is 14.9 Å². The fourth-order valence-electron chi connectivity index (χ4n) is 3.44. The Hall–Kier alpha value is -1.95. The summed E-state index contributed by atoms with van der Waals surface area (Å²) in [6.07, 6.45) is 5.74. The van der Waals surface area contributed by atoms with Gasteiger partial charge in [-0.2, -0.15) is 0 Å². The van der Waals surface area contributed by atoms with E-state index < -0.39 is 0 Å². The maximum Gasteiger partial charge on any atom is 0.234 e. The van der Waals surface area contributed by atoms with E-state index in [9.17, 15) is 9.59 Å². The van der Waals surface area contributed by atoms with Crippen LogP contribution in [0.4, 0.5) is 5.82 Å². The molecule has 1 aromatic heterocycles. The Morgan fingerprint density at radius 3 is 2.61 bits per heavy atom. The molecule has 124 valence electrons. The van der Waals surface area contributed by atoms with Crippen LogP contribution in [0.2, 0.25) is 0 Å². The normalized spacial score (nSPS) is 23.0. The molecule has 2 fully saturated rings. The summed E-state index contributed by atoms with van der Waals surface area (Å²) in [5.41, 5.74) is 0.869. The molecular formula is C17H23N3O3. The first-order valence-corrected chi connectivity index (χ1v) is 8.33. The minimum absolute atomic E-state index is 0.193. The van der Waals surface area contributed by atoms with Crippen molar-refractivity contribution in [2.24, 2.45) is 5.92 Å². The molecule has 2 aliphatic rings. The second-order valence-electron chi connectivity index (χ2n) is 6.40. The summed E-state index contributed by atoms with van der Waals surface area (Å²) in [6, 6.07) is 3.91.